The molecular formula is C28H40O3. The molecule has 31 heavy (non-hydrogen) atoms. The molecule has 170 valence electrons. The van der Waals surface area contributed by atoms with Gasteiger partial charge in [-0.3, -0.25) is 4.79 Å². The number of Topliss-reactive ketones (excluding diaryl/α,β-unsaturated/α-hetero) is 1. The van der Waals surface area contributed by atoms with E-state index in [0.29, 0.717) is 17.9 Å². The summed E-state index contributed by atoms with van der Waals surface area (Å²) in [4.78, 5) is 24.2. The Kier molecular flexibility index (Phi) is 11.4. The zero-order valence-electron chi connectivity index (χ0n) is 19.8. The van der Waals surface area contributed by atoms with Gasteiger partial charge >= 0.3 is 5.97 Å². The molecule has 1 unspecified atom stereocenters. The molecule has 3 nitrogen and oxygen atoms in total. The number of rotatable bonds is 11. The van der Waals surface area contributed by atoms with Gasteiger partial charge in [0.2, 0.25) is 5.78 Å². The standard InChI is InChI=1S/C28H40O3/c1-4-6-8-9-10-11-12-23-14-16-24(17-15-23)25-18-20-26(21-19-25)28(30)31-22(3)27(29)13-7-5-2/h18-24H,4-6,8-12,14-17H2,1-3H3/t22?,23-,24-. The zero-order valence-corrected chi connectivity index (χ0v) is 19.8. The third-order valence-corrected chi connectivity index (χ3v) is 6.47. The smallest absolute Gasteiger partial charge is 0.338 e. The van der Waals surface area contributed by atoms with E-state index in [1.807, 2.05) is 19.1 Å². The topological polar surface area (TPSA) is 43.4 Å². The average molecular weight is 425 g/mol. The Balaban J connectivity index is 1.74. The summed E-state index contributed by atoms with van der Waals surface area (Å²) >= 11 is 0. The number of esters is 1. The fourth-order valence-electron chi connectivity index (χ4n) is 4.45. The van der Waals surface area contributed by atoms with Gasteiger partial charge in [-0.2, -0.15) is 0 Å². The van der Waals surface area contributed by atoms with E-state index in [-0.39, 0.29) is 5.78 Å². The first-order valence-corrected chi connectivity index (χ1v) is 12.4. The van der Waals surface area contributed by atoms with Crippen LogP contribution in [0.3, 0.4) is 0 Å². The minimum absolute atomic E-state index is 0.357. The maximum atomic E-state index is 12.3. The first-order valence-electron chi connectivity index (χ1n) is 12.4. The van der Waals surface area contributed by atoms with E-state index in [1.165, 1.54) is 76.2 Å². The van der Waals surface area contributed by atoms with Crippen molar-refractivity contribution in [2.24, 2.45) is 5.92 Å². The van der Waals surface area contributed by atoms with Crippen LogP contribution in [0.5, 0.6) is 0 Å². The van der Waals surface area contributed by atoms with E-state index in [9.17, 15) is 9.59 Å². The highest BCUT2D eigenvalue weighted by molar-refractivity contribution is 6.01. The van der Waals surface area contributed by atoms with E-state index >= 15 is 0 Å². The van der Waals surface area contributed by atoms with Crippen molar-refractivity contribution in [2.75, 3.05) is 0 Å². The third-order valence-electron chi connectivity index (χ3n) is 6.47. The lowest BCUT2D eigenvalue weighted by molar-refractivity contribution is -0.121. The number of unbranched alkanes of at least 4 members (excludes halogenated alkanes) is 5. The van der Waals surface area contributed by atoms with E-state index in [1.54, 1.807) is 6.92 Å². The Morgan fingerprint density at radius 3 is 2.26 bits per heavy atom. The monoisotopic (exact) mass is 424 g/mol. The molecule has 0 aromatic heterocycles. The molecule has 0 bridgehead atoms. The molecule has 0 saturated heterocycles. The summed E-state index contributed by atoms with van der Waals surface area (Å²) in [6.45, 7) is 5.72. The third kappa shape index (κ3) is 8.90. The van der Waals surface area contributed by atoms with Gasteiger partial charge in [-0.25, -0.2) is 4.79 Å². The van der Waals surface area contributed by atoms with Crippen LogP contribution in [0.2, 0.25) is 0 Å². The summed E-state index contributed by atoms with van der Waals surface area (Å²) in [5.74, 6) is 5.89. The molecule has 0 N–H and O–H groups in total. The number of ether oxygens (including phenoxy) is 1. The summed E-state index contributed by atoms with van der Waals surface area (Å²) in [6.07, 6.45) is 14.6. The van der Waals surface area contributed by atoms with Gasteiger partial charge in [-0.1, -0.05) is 76.8 Å². The SMILES string of the molecule is CCC#CC(=O)C(C)OC(=O)c1ccc([C@H]2CC[C@H](CCCCCCCC)CC2)cc1. The Morgan fingerprint density at radius 2 is 1.61 bits per heavy atom. The quantitative estimate of drug-likeness (QED) is 0.163. The second-order valence-electron chi connectivity index (χ2n) is 8.96. The molecule has 1 aliphatic rings. The Morgan fingerprint density at radius 1 is 0.968 bits per heavy atom. The van der Waals surface area contributed by atoms with Crippen LogP contribution in [0.1, 0.15) is 120 Å². The van der Waals surface area contributed by atoms with E-state index < -0.39 is 12.1 Å². The highest BCUT2D eigenvalue weighted by atomic mass is 16.5. The van der Waals surface area contributed by atoms with Crippen molar-refractivity contribution in [3.05, 3.63) is 35.4 Å². The van der Waals surface area contributed by atoms with Gasteiger partial charge < -0.3 is 4.74 Å². The highest BCUT2D eigenvalue weighted by Crippen LogP contribution is 2.37. The first-order chi connectivity index (χ1) is 15.0. The number of hydrogen-bond acceptors (Lipinski definition) is 3. The Hall–Kier alpha value is -2.08. The van der Waals surface area contributed by atoms with Crippen LogP contribution in [0.25, 0.3) is 0 Å². The fourth-order valence-corrected chi connectivity index (χ4v) is 4.45. The lowest BCUT2D eigenvalue weighted by Gasteiger charge is -2.29. The molecule has 0 spiro atoms. The van der Waals surface area contributed by atoms with Crippen molar-refractivity contribution in [2.45, 2.75) is 110 Å². The van der Waals surface area contributed by atoms with E-state index in [2.05, 4.69) is 30.9 Å². The van der Waals surface area contributed by atoms with Crippen LogP contribution >= 0.6 is 0 Å². The number of hydrogen-bond donors (Lipinski definition) is 0. The molecule has 1 aliphatic carbocycles. The predicted octanol–water partition coefficient (Wildman–Crippen LogP) is 7.24. The van der Waals surface area contributed by atoms with Gasteiger partial charge in [0.1, 0.15) is 0 Å². The van der Waals surface area contributed by atoms with Gasteiger partial charge in [0.15, 0.2) is 6.10 Å². The molecule has 3 heteroatoms. The summed E-state index contributed by atoms with van der Waals surface area (Å²) in [6, 6.07) is 7.77. The van der Waals surface area contributed by atoms with Crippen molar-refractivity contribution in [3.63, 3.8) is 0 Å². The van der Waals surface area contributed by atoms with Gasteiger partial charge in [0.05, 0.1) is 5.56 Å². The second-order valence-corrected chi connectivity index (χ2v) is 8.96. The van der Waals surface area contributed by atoms with Crippen LogP contribution in [-0.2, 0) is 9.53 Å². The molecule has 1 aromatic rings. The number of benzene rings is 1. The fraction of sp³-hybridized carbons (Fsp3) is 0.643. The van der Waals surface area contributed by atoms with Crippen LogP contribution in [-0.4, -0.2) is 17.9 Å². The van der Waals surface area contributed by atoms with Crippen molar-refractivity contribution < 1.29 is 14.3 Å². The molecule has 1 fully saturated rings. The number of ketones is 1. The van der Waals surface area contributed by atoms with Crippen LogP contribution < -0.4 is 0 Å². The molecule has 0 radical (unpaired) electrons. The van der Waals surface area contributed by atoms with Crippen molar-refractivity contribution >= 4 is 11.8 Å². The van der Waals surface area contributed by atoms with Crippen molar-refractivity contribution in [3.8, 4) is 11.8 Å². The molecular weight excluding hydrogens is 384 g/mol. The predicted molar refractivity (Wildman–Crippen MR) is 127 cm³/mol. The van der Waals surface area contributed by atoms with Crippen LogP contribution in [0.4, 0.5) is 0 Å². The molecule has 0 heterocycles. The lowest BCUT2D eigenvalue weighted by Crippen LogP contribution is -2.23. The second kappa shape index (κ2) is 14.1. The Bertz CT molecular complexity index is 730. The Labute approximate surface area is 189 Å². The number of carbonyl (C=O) groups is 2. The maximum Gasteiger partial charge on any atom is 0.338 e. The average Bonchev–Trinajstić information content (AvgIpc) is 2.80. The summed E-state index contributed by atoms with van der Waals surface area (Å²) in [7, 11) is 0. The van der Waals surface area contributed by atoms with Gasteiger partial charge in [0.25, 0.3) is 0 Å². The normalized spacial score (nSPS) is 19.2. The van der Waals surface area contributed by atoms with Crippen molar-refractivity contribution in [1.29, 1.82) is 0 Å². The molecule has 0 amide bonds. The van der Waals surface area contributed by atoms with E-state index in [0.717, 1.165) is 5.92 Å². The van der Waals surface area contributed by atoms with Gasteiger partial charge in [-0.15, -0.1) is 0 Å². The molecule has 1 atom stereocenters. The summed E-state index contributed by atoms with van der Waals surface area (Å²) < 4.78 is 5.27. The van der Waals surface area contributed by atoms with Crippen LogP contribution in [0, 0.1) is 17.8 Å². The highest BCUT2D eigenvalue weighted by Gasteiger charge is 2.23. The first kappa shape index (κ1) is 25.2. The largest absolute Gasteiger partial charge is 0.450 e. The minimum Gasteiger partial charge on any atom is -0.450 e. The van der Waals surface area contributed by atoms with Crippen LogP contribution in [0.15, 0.2) is 24.3 Å². The maximum absolute atomic E-state index is 12.3. The molecule has 1 aromatic carbocycles. The summed E-state index contributed by atoms with van der Waals surface area (Å²) in [5.41, 5.74) is 1.80. The molecule has 2 rings (SSSR count). The van der Waals surface area contributed by atoms with Gasteiger partial charge in [0, 0.05) is 6.42 Å². The molecule has 0 aliphatic heterocycles. The van der Waals surface area contributed by atoms with E-state index in [4.69, 9.17) is 4.74 Å². The zero-order chi connectivity index (χ0) is 22.5. The molecule has 1 saturated carbocycles. The van der Waals surface area contributed by atoms with Crippen molar-refractivity contribution in [1.82, 2.24) is 0 Å². The van der Waals surface area contributed by atoms with Gasteiger partial charge in [-0.05, 0) is 68.1 Å². The minimum atomic E-state index is -0.840. The summed E-state index contributed by atoms with van der Waals surface area (Å²) in [5, 5.41) is 0. The number of carbonyl (C=O) groups excluding carboxylic acids is 2. The lowest BCUT2D eigenvalue weighted by atomic mass is 9.77.